The maximum atomic E-state index is 13.3. The molecule has 2 heterocycles. The summed E-state index contributed by atoms with van der Waals surface area (Å²) in [7, 11) is 0. The zero-order chi connectivity index (χ0) is 26.4. The first-order valence-electron chi connectivity index (χ1n) is 12.2. The van der Waals surface area contributed by atoms with E-state index >= 15 is 0 Å². The summed E-state index contributed by atoms with van der Waals surface area (Å²) in [4.78, 5) is 13.3. The maximum Gasteiger partial charge on any atom is 0.416 e. The Morgan fingerprint density at radius 2 is 1.63 bits per heavy atom. The number of nitrogens with zero attached hydrogens (tertiary/aromatic N) is 2. The summed E-state index contributed by atoms with van der Waals surface area (Å²) < 4.78 is 41.2. The largest absolute Gasteiger partial charge is 0.416 e. The second-order valence-corrected chi connectivity index (χ2v) is 12.6. The average molecular weight is 493 g/mol. The van der Waals surface area contributed by atoms with Gasteiger partial charge in [-0.15, -0.1) is 0 Å². The van der Waals surface area contributed by atoms with Crippen LogP contribution in [0.3, 0.4) is 0 Å². The molecule has 3 atom stereocenters. The fourth-order valence-electron chi connectivity index (χ4n) is 5.17. The van der Waals surface area contributed by atoms with Gasteiger partial charge in [0.05, 0.1) is 22.8 Å². The van der Waals surface area contributed by atoms with Gasteiger partial charge in [-0.25, -0.2) is 0 Å². The van der Waals surface area contributed by atoms with Crippen LogP contribution in [0.5, 0.6) is 0 Å². The van der Waals surface area contributed by atoms with E-state index < -0.39 is 23.3 Å². The molecule has 2 aromatic rings. The highest BCUT2D eigenvalue weighted by atomic mass is 19.4. The lowest BCUT2D eigenvalue weighted by Gasteiger charge is -2.34. The lowest BCUT2D eigenvalue weighted by atomic mass is 9.81. The predicted octanol–water partition coefficient (Wildman–Crippen LogP) is 6.17. The molecule has 8 heteroatoms. The monoisotopic (exact) mass is 492 g/mol. The number of amides is 1. The van der Waals surface area contributed by atoms with E-state index in [0.29, 0.717) is 12.0 Å². The number of hydrogen-bond acceptors (Lipinski definition) is 3. The van der Waals surface area contributed by atoms with E-state index in [1.54, 1.807) is 0 Å². The molecule has 0 bridgehead atoms. The molecule has 1 aromatic heterocycles. The molecule has 3 rings (SSSR count). The molecule has 194 valence electrons. The minimum absolute atomic E-state index is 0.0466. The predicted molar refractivity (Wildman–Crippen MR) is 132 cm³/mol. The molecule has 1 saturated heterocycles. The fraction of sp³-hybridized carbons (Fsp3) is 0.630. The van der Waals surface area contributed by atoms with Crippen molar-refractivity contribution in [3.05, 3.63) is 53.3 Å². The molecule has 0 saturated carbocycles. The Bertz CT molecular complexity index is 1030. The molecular formula is C27H39F3N4O. The van der Waals surface area contributed by atoms with Gasteiger partial charge in [-0.05, 0) is 76.6 Å². The number of carbonyl (C=O) groups is 1. The molecule has 1 amide bonds. The van der Waals surface area contributed by atoms with Gasteiger partial charge in [0, 0.05) is 23.7 Å². The fourth-order valence-corrected chi connectivity index (χ4v) is 5.17. The summed E-state index contributed by atoms with van der Waals surface area (Å²) in [6.07, 6.45) is -1.17. The van der Waals surface area contributed by atoms with E-state index in [4.69, 9.17) is 5.10 Å². The standard InChI is InChI=1S/C27H39F3N4O/c1-24(2,3)16-26(7,8)32-23(35)21-15-19(20-13-14-34(33-20)25(4,5)6)22(31-21)17-9-11-18(12-10-17)27(28,29)30/h9-14,19,21-22,31H,15-16H2,1-8H3,(H,32,35)/t19-,21+,22+/m1/s1. The first-order chi connectivity index (χ1) is 15.9. The summed E-state index contributed by atoms with van der Waals surface area (Å²) in [5.74, 6) is -0.259. The smallest absolute Gasteiger partial charge is 0.350 e. The summed E-state index contributed by atoms with van der Waals surface area (Å²) in [5.41, 5.74) is 0.282. The van der Waals surface area contributed by atoms with Crippen LogP contribution in [0.15, 0.2) is 36.5 Å². The molecule has 1 aliphatic heterocycles. The van der Waals surface area contributed by atoms with Gasteiger partial charge in [0.15, 0.2) is 0 Å². The Hall–Kier alpha value is -2.35. The highest BCUT2D eigenvalue weighted by Gasteiger charge is 2.42. The van der Waals surface area contributed by atoms with Crippen molar-refractivity contribution < 1.29 is 18.0 Å². The SMILES string of the molecule is CC(C)(C)CC(C)(C)NC(=O)[C@@H]1C[C@H](c2ccn(C(C)(C)C)n2)[C@H](c2ccc(C(F)(F)F)cc2)N1. The number of aromatic nitrogens is 2. The van der Waals surface area contributed by atoms with E-state index in [0.717, 1.165) is 24.2 Å². The molecule has 5 nitrogen and oxygen atoms in total. The van der Waals surface area contributed by atoms with Gasteiger partial charge in [0.2, 0.25) is 5.91 Å². The quantitative estimate of drug-likeness (QED) is 0.524. The summed E-state index contributed by atoms with van der Waals surface area (Å²) >= 11 is 0. The van der Waals surface area contributed by atoms with Gasteiger partial charge in [0.1, 0.15) is 0 Å². The normalized spacial score (nSPS) is 21.9. The number of halogens is 3. The van der Waals surface area contributed by atoms with E-state index in [-0.39, 0.29) is 28.8 Å². The van der Waals surface area contributed by atoms with E-state index in [1.807, 2.05) is 30.8 Å². The molecule has 2 N–H and O–H groups in total. The van der Waals surface area contributed by atoms with Crippen LogP contribution in [0.25, 0.3) is 0 Å². The van der Waals surface area contributed by atoms with Gasteiger partial charge in [-0.2, -0.15) is 18.3 Å². The zero-order valence-corrected chi connectivity index (χ0v) is 22.0. The van der Waals surface area contributed by atoms with Crippen molar-refractivity contribution in [2.24, 2.45) is 5.41 Å². The third-order valence-electron chi connectivity index (χ3n) is 6.30. The third-order valence-corrected chi connectivity index (χ3v) is 6.30. The number of benzene rings is 1. The first kappa shape index (κ1) is 27.2. The molecule has 0 unspecified atom stereocenters. The van der Waals surface area contributed by atoms with Crippen LogP contribution in [0.2, 0.25) is 0 Å². The van der Waals surface area contributed by atoms with Crippen LogP contribution in [-0.2, 0) is 16.5 Å². The third kappa shape index (κ3) is 6.87. The number of nitrogens with one attached hydrogen (secondary N) is 2. The number of carbonyl (C=O) groups excluding carboxylic acids is 1. The van der Waals surface area contributed by atoms with E-state index in [2.05, 4.69) is 52.2 Å². The molecule has 1 fully saturated rings. The van der Waals surface area contributed by atoms with Crippen LogP contribution in [0, 0.1) is 5.41 Å². The average Bonchev–Trinajstić information content (AvgIpc) is 3.32. The Morgan fingerprint density at radius 3 is 2.11 bits per heavy atom. The van der Waals surface area contributed by atoms with Crippen LogP contribution in [0.4, 0.5) is 13.2 Å². The second kappa shape index (κ2) is 9.26. The number of hydrogen-bond donors (Lipinski definition) is 2. The van der Waals surface area contributed by atoms with E-state index in [9.17, 15) is 18.0 Å². The Labute approximate surface area is 206 Å². The van der Waals surface area contributed by atoms with Crippen LogP contribution >= 0.6 is 0 Å². The van der Waals surface area contributed by atoms with Crippen molar-refractivity contribution in [3.8, 4) is 0 Å². The van der Waals surface area contributed by atoms with Gasteiger partial charge in [-0.1, -0.05) is 32.9 Å². The summed E-state index contributed by atoms with van der Waals surface area (Å²) in [5, 5.41) is 11.4. The van der Waals surface area contributed by atoms with Crippen molar-refractivity contribution in [2.75, 3.05) is 0 Å². The van der Waals surface area contributed by atoms with Crippen LogP contribution < -0.4 is 10.6 Å². The topological polar surface area (TPSA) is 59.0 Å². The van der Waals surface area contributed by atoms with Gasteiger partial charge in [0.25, 0.3) is 0 Å². The molecule has 0 aliphatic carbocycles. The van der Waals surface area contributed by atoms with Crippen molar-refractivity contribution in [3.63, 3.8) is 0 Å². The molecule has 0 spiro atoms. The summed E-state index contributed by atoms with van der Waals surface area (Å²) in [6, 6.07) is 6.33. The number of rotatable bonds is 5. The highest BCUT2D eigenvalue weighted by molar-refractivity contribution is 5.83. The zero-order valence-electron chi connectivity index (χ0n) is 22.0. The maximum absolute atomic E-state index is 13.3. The molecule has 35 heavy (non-hydrogen) atoms. The molecule has 0 radical (unpaired) electrons. The van der Waals surface area contributed by atoms with Crippen LogP contribution in [0.1, 0.15) is 97.0 Å². The highest BCUT2D eigenvalue weighted by Crippen LogP contribution is 2.41. The van der Waals surface area contributed by atoms with Gasteiger partial charge in [-0.3, -0.25) is 14.8 Å². The lowest BCUT2D eigenvalue weighted by Crippen LogP contribution is -2.51. The van der Waals surface area contributed by atoms with Gasteiger partial charge >= 0.3 is 6.18 Å². The minimum Gasteiger partial charge on any atom is -0.350 e. The summed E-state index contributed by atoms with van der Waals surface area (Å²) in [6.45, 7) is 16.6. The Morgan fingerprint density at radius 1 is 1.03 bits per heavy atom. The number of alkyl halides is 3. The van der Waals surface area contributed by atoms with Crippen molar-refractivity contribution in [2.45, 2.75) is 103 Å². The van der Waals surface area contributed by atoms with Crippen molar-refractivity contribution >= 4 is 5.91 Å². The van der Waals surface area contributed by atoms with Crippen molar-refractivity contribution in [1.82, 2.24) is 20.4 Å². The Balaban J connectivity index is 1.89. The molecule has 1 aliphatic rings. The van der Waals surface area contributed by atoms with E-state index in [1.165, 1.54) is 12.1 Å². The lowest BCUT2D eigenvalue weighted by molar-refractivity contribution is -0.137. The van der Waals surface area contributed by atoms with Crippen LogP contribution in [-0.4, -0.2) is 27.3 Å². The second-order valence-electron chi connectivity index (χ2n) is 12.6. The molecular weight excluding hydrogens is 453 g/mol. The van der Waals surface area contributed by atoms with Gasteiger partial charge < -0.3 is 5.32 Å². The minimum atomic E-state index is -4.40. The Kier molecular flexibility index (Phi) is 7.21. The molecule has 1 aromatic carbocycles. The van der Waals surface area contributed by atoms with Crippen molar-refractivity contribution in [1.29, 1.82) is 0 Å². The first-order valence-corrected chi connectivity index (χ1v) is 12.2.